The summed E-state index contributed by atoms with van der Waals surface area (Å²) in [4.78, 5) is 12.0. The molecule has 1 aromatic heterocycles. The molecule has 0 radical (unpaired) electrons. The third kappa shape index (κ3) is 2.39. The van der Waals surface area contributed by atoms with E-state index in [1.807, 2.05) is 42.5 Å². The van der Waals surface area contributed by atoms with Gasteiger partial charge < -0.3 is 4.42 Å². The molecule has 0 N–H and O–H groups in total. The summed E-state index contributed by atoms with van der Waals surface area (Å²) in [5.41, 5.74) is 2.64. The topological polar surface area (TPSA) is 35.1 Å². The second-order valence-corrected chi connectivity index (χ2v) is 5.10. The number of hydrogen-bond donors (Lipinski definition) is 1. The standard InChI is InChI=1S/C16H15NO2S/c18-16-17(14-8-4-5-9-15(14)19-16)10-13(11-20)12-6-2-1-3-7-12/h1-9,13,20H,10-11H2. The van der Waals surface area contributed by atoms with E-state index in [4.69, 9.17) is 4.42 Å². The highest BCUT2D eigenvalue weighted by Crippen LogP contribution is 2.21. The fraction of sp³-hybridized carbons (Fsp3) is 0.188. The van der Waals surface area contributed by atoms with Gasteiger partial charge in [-0.25, -0.2) is 4.79 Å². The first-order valence-corrected chi connectivity index (χ1v) is 7.17. The number of aromatic nitrogens is 1. The van der Waals surface area contributed by atoms with Crippen LogP contribution >= 0.6 is 12.6 Å². The minimum atomic E-state index is -0.311. The Bertz CT molecular complexity index is 761. The number of hydrogen-bond acceptors (Lipinski definition) is 3. The first kappa shape index (κ1) is 13.1. The molecule has 3 rings (SSSR count). The van der Waals surface area contributed by atoms with Crippen LogP contribution in [0.2, 0.25) is 0 Å². The summed E-state index contributed by atoms with van der Waals surface area (Å²) in [6.07, 6.45) is 0. The molecule has 20 heavy (non-hydrogen) atoms. The van der Waals surface area contributed by atoms with E-state index in [-0.39, 0.29) is 11.7 Å². The molecule has 0 aliphatic heterocycles. The maximum absolute atomic E-state index is 12.0. The van der Waals surface area contributed by atoms with Crippen LogP contribution in [0.25, 0.3) is 11.1 Å². The van der Waals surface area contributed by atoms with Gasteiger partial charge in [-0.05, 0) is 23.4 Å². The molecule has 0 aliphatic carbocycles. The van der Waals surface area contributed by atoms with E-state index < -0.39 is 0 Å². The van der Waals surface area contributed by atoms with Gasteiger partial charge in [0, 0.05) is 12.5 Å². The van der Waals surface area contributed by atoms with Crippen LogP contribution in [0, 0.1) is 0 Å². The van der Waals surface area contributed by atoms with E-state index in [0.29, 0.717) is 17.9 Å². The summed E-state index contributed by atoms with van der Waals surface area (Å²) in [5.74, 6) is 0.544. The average Bonchev–Trinajstić information content (AvgIpc) is 2.81. The minimum Gasteiger partial charge on any atom is -0.408 e. The molecule has 0 saturated carbocycles. The van der Waals surface area contributed by atoms with Crippen LogP contribution in [-0.2, 0) is 6.54 Å². The second kappa shape index (κ2) is 5.59. The third-order valence-electron chi connectivity index (χ3n) is 3.47. The Hall–Kier alpha value is -1.94. The lowest BCUT2D eigenvalue weighted by molar-refractivity contribution is 0.488. The van der Waals surface area contributed by atoms with Gasteiger partial charge in [-0.1, -0.05) is 42.5 Å². The van der Waals surface area contributed by atoms with Crippen LogP contribution in [0.4, 0.5) is 0 Å². The Morgan fingerprint density at radius 2 is 1.75 bits per heavy atom. The Morgan fingerprint density at radius 3 is 2.50 bits per heavy atom. The van der Waals surface area contributed by atoms with Gasteiger partial charge in [0.2, 0.25) is 0 Å². The van der Waals surface area contributed by atoms with Crippen LogP contribution in [0.15, 0.2) is 63.8 Å². The van der Waals surface area contributed by atoms with E-state index in [1.54, 1.807) is 4.57 Å². The SMILES string of the molecule is O=c1oc2ccccc2n1CC(CS)c1ccccc1. The molecule has 4 heteroatoms. The van der Waals surface area contributed by atoms with Gasteiger partial charge in [0.05, 0.1) is 5.52 Å². The highest BCUT2D eigenvalue weighted by Gasteiger charge is 2.15. The quantitative estimate of drug-likeness (QED) is 0.746. The first-order valence-electron chi connectivity index (χ1n) is 6.54. The van der Waals surface area contributed by atoms with E-state index in [2.05, 4.69) is 24.8 Å². The lowest BCUT2D eigenvalue weighted by Gasteiger charge is -2.15. The molecule has 3 nitrogen and oxygen atoms in total. The predicted octanol–water partition coefficient (Wildman–Crippen LogP) is 3.31. The molecule has 0 fully saturated rings. The van der Waals surface area contributed by atoms with Gasteiger partial charge in [-0.3, -0.25) is 4.57 Å². The number of nitrogens with zero attached hydrogens (tertiary/aromatic N) is 1. The summed E-state index contributed by atoms with van der Waals surface area (Å²) in [6.45, 7) is 0.573. The molecule has 1 unspecified atom stereocenters. The number of thiol groups is 1. The van der Waals surface area contributed by atoms with Crippen molar-refractivity contribution in [1.29, 1.82) is 0 Å². The van der Waals surface area contributed by atoms with E-state index in [1.165, 1.54) is 5.56 Å². The predicted molar refractivity (Wildman–Crippen MR) is 83.5 cm³/mol. The van der Waals surface area contributed by atoms with Crippen molar-refractivity contribution in [2.45, 2.75) is 12.5 Å². The normalized spacial score (nSPS) is 12.7. The summed E-state index contributed by atoms with van der Waals surface area (Å²) in [5, 5.41) is 0. The van der Waals surface area contributed by atoms with Gasteiger partial charge in [0.15, 0.2) is 5.58 Å². The van der Waals surface area contributed by atoms with Crippen LogP contribution < -0.4 is 5.76 Å². The summed E-state index contributed by atoms with van der Waals surface area (Å²) in [6, 6.07) is 17.6. The number of rotatable bonds is 4. The average molecular weight is 285 g/mol. The zero-order valence-electron chi connectivity index (χ0n) is 10.9. The maximum Gasteiger partial charge on any atom is 0.419 e. The molecule has 0 bridgehead atoms. The van der Waals surface area contributed by atoms with E-state index in [9.17, 15) is 4.79 Å². The van der Waals surface area contributed by atoms with E-state index in [0.717, 1.165) is 5.52 Å². The van der Waals surface area contributed by atoms with Crippen molar-refractivity contribution in [3.8, 4) is 0 Å². The molecule has 2 aromatic carbocycles. The van der Waals surface area contributed by atoms with Crippen molar-refractivity contribution in [2.24, 2.45) is 0 Å². The van der Waals surface area contributed by atoms with E-state index >= 15 is 0 Å². The van der Waals surface area contributed by atoms with Gasteiger partial charge in [0.25, 0.3) is 0 Å². The highest BCUT2D eigenvalue weighted by molar-refractivity contribution is 7.80. The fourth-order valence-electron chi connectivity index (χ4n) is 2.40. The zero-order valence-corrected chi connectivity index (χ0v) is 11.8. The molecular weight excluding hydrogens is 270 g/mol. The minimum absolute atomic E-state index is 0.179. The van der Waals surface area contributed by atoms with Crippen molar-refractivity contribution >= 4 is 23.7 Å². The molecule has 1 heterocycles. The molecule has 3 aromatic rings. The monoisotopic (exact) mass is 285 g/mol. The zero-order chi connectivity index (χ0) is 13.9. The fourth-order valence-corrected chi connectivity index (χ4v) is 2.73. The van der Waals surface area contributed by atoms with Gasteiger partial charge in [-0.2, -0.15) is 12.6 Å². The van der Waals surface area contributed by atoms with Crippen LogP contribution in [-0.4, -0.2) is 10.3 Å². The molecule has 0 aliphatic rings. The summed E-state index contributed by atoms with van der Waals surface area (Å²) in [7, 11) is 0. The number of fused-ring (bicyclic) bond motifs is 1. The Balaban J connectivity index is 2.00. The molecular formula is C16H15NO2S. The van der Waals surface area contributed by atoms with Crippen molar-refractivity contribution in [3.05, 3.63) is 70.7 Å². The van der Waals surface area contributed by atoms with Crippen molar-refractivity contribution in [3.63, 3.8) is 0 Å². The summed E-state index contributed by atoms with van der Waals surface area (Å²) >= 11 is 4.42. The van der Waals surface area contributed by atoms with Crippen LogP contribution in [0.5, 0.6) is 0 Å². The largest absolute Gasteiger partial charge is 0.419 e. The lowest BCUT2D eigenvalue weighted by atomic mass is 10.0. The van der Waals surface area contributed by atoms with Crippen LogP contribution in [0.3, 0.4) is 0 Å². The van der Waals surface area contributed by atoms with Gasteiger partial charge >= 0.3 is 5.76 Å². The van der Waals surface area contributed by atoms with Crippen LogP contribution in [0.1, 0.15) is 11.5 Å². The Labute approximate surface area is 122 Å². The highest BCUT2D eigenvalue weighted by atomic mass is 32.1. The molecule has 1 atom stereocenters. The number of para-hydroxylation sites is 2. The lowest BCUT2D eigenvalue weighted by Crippen LogP contribution is -2.19. The Morgan fingerprint density at radius 1 is 1.05 bits per heavy atom. The van der Waals surface area contributed by atoms with Crippen molar-refractivity contribution in [1.82, 2.24) is 4.57 Å². The van der Waals surface area contributed by atoms with Crippen molar-refractivity contribution in [2.75, 3.05) is 5.75 Å². The molecule has 0 amide bonds. The number of oxazole rings is 1. The first-order chi connectivity index (χ1) is 9.79. The Kier molecular flexibility index (Phi) is 3.65. The van der Waals surface area contributed by atoms with Crippen molar-refractivity contribution < 1.29 is 4.42 Å². The van der Waals surface area contributed by atoms with Gasteiger partial charge in [-0.15, -0.1) is 0 Å². The summed E-state index contributed by atoms with van der Waals surface area (Å²) < 4.78 is 6.95. The maximum atomic E-state index is 12.0. The second-order valence-electron chi connectivity index (χ2n) is 4.74. The molecule has 102 valence electrons. The molecule has 0 saturated heterocycles. The smallest absolute Gasteiger partial charge is 0.408 e. The van der Waals surface area contributed by atoms with Gasteiger partial charge in [0.1, 0.15) is 0 Å². The molecule has 0 spiro atoms. The number of benzene rings is 2. The third-order valence-corrected chi connectivity index (χ3v) is 3.91.